The monoisotopic (exact) mass is 360 g/mol. The van der Waals surface area contributed by atoms with Crippen LogP contribution in [-0.4, -0.2) is 20.7 Å². The number of carbonyl (C=O) groups is 1. The lowest BCUT2D eigenvalue weighted by Gasteiger charge is -2.09. The molecule has 0 fully saturated rings. The minimum absolute atomic E-state index is 0.114. The largest absolute Gasteiger partial charge is 0.419 e. The Morgan fingerprint density at radius 3 is 2.67 bits per heavy atom. The highest BCUT2D eigenvalue weighted by atomic mass is 16.4. The number of hydrogen-bond acceptors (Lipinski definition) is 4. The highest BCUT2D eigenvalue weighted by Gasteiger charge is 2.18. The summed E-state index contributed by atoms with van der Waals surface area (Å²) in [4.78, 5) is 12.6. The molecular weight excluding hydrogens is 340 g/mol. The van der Waals surface area contributed by atoms with Crippen molar-refractivity contribution in [1.29, 1.82) is 0 Å². The van der Waals surface area contributed by atoms with Crippen molar-refractivity contribution in [3.05, 3.63) is 66.6 Å². The fraction of sp³-hybridized carbons (Fsp3) is 0.190. The molecule has 2 aromatic carbocycles. The molecule has 1 amide bonds. The number of carbonyl (C=O) groups excluding carboxylic acids is 1. The molecule has 0 saturated heterocycles. The molecule has 0 aliphatic carbocycles. The number of nitrogens with zero attached hydrogens (tertiary/aromatic N) is 3. The highest BCUT2D eigenvalue weighted by molar-refractivity contribution is 5.93. The number of benzene rings is 2. The van der Waals surface area contributed by atoms with E-state index in [9.17, 15) is 4.79 Å². The van der Waals surface area contributed by atoms with Gasteiger partial charge in [-0.25, -0.2) is 0 Å². The molecule has 0 spiro atoms. The van der Waals surface area contributed by atoms with Crippen LogP contribution in [0.4, 0.5) is 5.69 Å². The summed E-state index contributed by atoms with van der Waals surface area (Å²) in [6.45, 7) is 2.22. The molecule has 0 aliphatic rings. The van der Waals surface area contributed by atoms with Crippen molar-refractivity contribution in [3.8, 4) is 11.6 Å². The van der Waals surface area contributed by atoms with E-state index in [1.54, 1.807) is 0 Å². The van der Waals surface area contributed by atoms with Crippen LogP contribution < -0.4 is 5.32 Å². The van der Waals surface area contributed by atoms with Gasteiger partial charge in [-0.3, -0.25) is 4.79 Å². The van der Waals surface area contributed by atoms with Crippen molar-refractivity contribution in [2.24, 2.45) is 0 Å². The molecule has 1 N–H and O–H groups in total. The van der Waals surface area contributed by atoms with Gasteiger partial charge in [0.05, 0.1) is 0 Å². The van der Waals surface area contributed by atoms with E-state index in [-0.39, 0.29) is 12.5 Å². The molecule has 4 aromatic rings. The Balaban J connectivity index is 1.68. The standard InChI is InChI=1S/C21H20N4O2/c1-2-8-20-23-24-21(27-20)18-13-15-9-6-7-12-17(15)25(18)14-19(26)22-16-10-4-3-5-11-16/h3-7,9-13H,2,8,14H2,1H3,(H,22,26). The van der Waals surface area contributed by atoms with E-state index >= 15 is 0 Å². The molecular formula is C21H20N4O2. The molecule has 27 heavy (non-hydrogen) atoms. The highest BCUT2D eigenvalue weighted by Crippen LogP contribution is 2.27. The summed E-state index contributed by atoms with van der Waals surface area (Å²) in [6, 6.07) is 19.3. The summed E-state index contributed by atoms with van der Waals surface area (Å²) in [7, 11) is 0. The van der Waals surface area contributed by atoms with Crippen LogP contribution in [0.2, 0.25) is 0 Å². The number of anilines is 1. The first-order chi connectivity index (χ1) is 13.2. The lowest BCUT2D eigenvalue weighted by molar-refractivity contribution is -0.116. The lowest BCUT2D eigenvalue weighted by atomic mass is 10.2. The van der Waals surface area contributed by atoms with E-state index < -0.39 is 0 Å². The molecule has 0 saturated carbocycles. The van der Waals surface area contributed by atoms with Gasteiger partial charge in [0.25, 0.3) is 5.89 Å². The molecule has 0 atom stereocenters. The van der Waals surface area contributed by atoms with Gasteiger partial charge in [-0.05, 0) is 30.7 Å². The number of para-hydroxylation sites is 2. The Bertz CT molecular complexity index is 1070. The van der Waals surface area contributed by atoms with Crippen LogP contribution >= 0.6 is 0 Å². The zero-order valence-corrected chi connectivity index (χ0v) is 15.1. The molecule has 136 valence electrons. The number of rotatable bonds is 6. The fourth-order valence-corrected chi connectivity index (χ4v) is 3.10. The lowest BCUT2D eigenvalue weighted by Crippen LogP contribution is -2.19. The molecule has 0 aliphatic heterocycles. The van der Waals surface area contributed by atoms with Crippen LogP contribution in [0.1, 0.15) is 19.2 Å². The minimum atomic E-state index is -0.114. The van der Waals surface area contributed by atoms with E-state index in [0.29, 0.717) is 11.8 Å². The maximum atomic E-state index is 12.6. The number of nitrogens with one attached hydrogen (secondary N) is 1. The zero-order chi connectivity index (χ0) is 18.6. The maximum Gasteiger partial charge on any atom is 0.264 e. The van der Waals surface area contributed by atoms with Crippen molar-refractivity contribution in [2.45, 2.75) is 26.3 Å². The number of aromatic nitrogens is 3. The van der Waals surface area contributed by atoms with E-state index in [4.69, 9.17) is 4.42 Å². The van der Waals surface area contributed by atoms with Crippen molar-refractivity contribution >= 4 is 22.5 Å². The predicted molar refractivity (Wildman–Crippen MR) is 104 cm³/mol. The first-order valence-corrected chi connectivity index (χ1v) is 9.00. The van der Waals surface area contributed by atoms with Gasteiger partial charge < -0.3 is 14.3 Å². The van der Waals surface area contributed by atoms with Crippen LogP contribution in [0, 0.1) is 0 Å². The molecule has 6 nitrogen and oxygen atoms in total. The quantitative estimate of drug-likeness (QED) is 0.557. The van der Waals surface area contributed by atoms with E-state index in [2.05, 4.69) is 22.4 Å². The van der Waals surface area contributed by atoms with Gasteiger partial charge in [-0.15, -0.1) is 10.2 Å². The molecule has 4 rings (SSSR count). The Morgan fingerprint density at radius 2 is 1.85 bits per heavy atom. The second-order valence-corrected chi connectivity index (χ2v) is 6.34. The van der Waals surface area contributed by atoms with Crippen molar-refractivity contribution in [2.75, 3.05) is 5.32 Å². The van der Waals surface area contributed by atoms with Crippen LogP contribution in [-0.2, 0) is 17.8 Å². The summed E-state index contributed by atoms with van der Waals surface area (Å²) >= 11 is 0. The Morgan fingerprint density at radius 1 is 1.07 bits per heavy atom. The Labute approximate surface area is 156 Å². The number of amides is 1. The average molecular weight is 360 g/mol. The summed E-state index contributed by atoms with van der Waals surface area (Å²) < 4.78 is 7.72. The SMILES string of the molecule is CCCc1nnc(-c2cc3ccccc3n2CC(=O)Nc2ccccc2)o1. The van der Waals surface area contributed by atoms with Crippen molar-refractivity contribution < 1.29 is 9.21 Å². The van der Waals surface area contributed by atoms with Gasteiger partial charge >= 0.3 is 0 Å². The summed E-state index contributed by atoms with van der Waals surface area (Å²) in [5, 5.41) is 12.2. The average Bonchev–Trinajstić information content (AvgIpc) is 3.28. The third kappa shape index (κ3) is 3.60. The first kappa shape index (κ1) is 17.0. The summed E-state index contributed by atoms with van der Waals surface area (Å²) in [5.41, 5.74) is 2.46. The van der Waals surface area contributed by atoms with E-state index in [1.807, 2.05) is 65.2 Å². The normalized spacial score (nSPS) is 11.0. The Hall–Kier alpha value is -3.41. The summed E-state index contributed by atoms with van der Waals surface area (Å²) in [5.74, 6) is 0.928. The van der Waals surface area contributed by atoms with E-state index in [0.717, 1.165) is 35.1 Å². The summed E-state index contributed by atoms with van der Waals surface area (Å²) in [6.07, 6.45) is 1.67. The van der Waals surface area contributed by atoms with Crippen molar-refractivity contribution in [1.82, 2.24) is 14.8 Å². The Kier molecular flexibility index (Phi) is 4.70. The van der Waals surface area contributed by atoms with Crippen LogP contribution in [0.15, 0.2) is 65.1 Å². The van der Waals surface area contributed by atoms with Crippen molar-refractivity contribution in [3.63, 3.8) is 0 Å². The number of hydrogen-bond donors (Lipinski definition) is 1. The third-order valence-electron chi connectivity index (χ3n) is 4.32. The molecule has 2 aromatic heterocycles. The number of fused-ring (bicyclic) bond motifs is 1. The molecule has 0 unspecified atom stereocenters. The topological polar surface area (TPSA) is 73.0 Å². The second kappa shape index (κ2) is 7.45. The van der Waals surface area contributed by atoms with Crippen LogP contribution in [0.5, 0.6) is 0 Å². The molecule has 2 heterocycles. The van der Waals surface area contributed by atoms with Gasteiger partial charge in [0.1, 0.15) is 12.2 Å². The van der Waals surface area contributed by atoms with E-state index in [1.165, 1.54) is 0 Å². The second-order valence-electron chi connectivity index (χ2n) is 6.34. The third-order valence-corrected chi connectivity index (χ3v) is 4.32. The van der Waals surface area contributed by atoms with Crippen LogP contribution in [0.25, 0.3) is 22.5 Å². The zero-order valence-electron chi connectivity index (χ0n) is 15.1. The maximum absolute atomic E-state index is 12.6. The van der Waals surface area contributed by atoms with Gasteiger partial charge in [-0.2, -0.15) is 0 Å². The smallest absolute Gasteiger partial charge is 0.264 e. The first-order valence-electron chi connectivity index (χ1n) is 9.00. The van der Waals surface area contributed by atoms with Crippen LogP contribution in [0.3, 0.4) is 0 Å². The van der Waals surface area contributed by atoms with Gasteiger partial charge in [0.15, 0.2) is 0 Å². The molecule has 0 bridgehead atoms. The van der Waals surface area contributed by atoms with Gasteiger partial charge in [0, 0.05) is 23.0 Å². The number of aryl methyl sites for hydroxylation is 1. The molecule has 6 heteroatoms. The van der Waals surface area contributed by atoms with Gasteiger partial charge in [0.2, 0.25) is 11.8 Å². The minimum Gasteiger partial charge on any atom is -0.419 e. The fourth-order valence-electron chi connectivity index (χ4n) is 3.10. The van der Waals surface area contributed by atoms with Gasteiger partial charge in [-0.1, -0.05) is 43.3 Å². The predicted octanol–water partition coefficient (Wildman–Crippen LogP) is 4.28. The molecule has 0 radical (unpaired) electrons.